The maximum Gasteiger partial charge on any atom is 0.306 e. The molecule has 0 spiro atoms. The molecule has 2 unspecified atom stereocenters. The van der Waals surface area contributed by atoms with Crippen LogP contribution in [-0.4, -0.2) is 30.1 Å². The topological polar surface area (TPSA) is 52.3 Å². The first-order valence-corrected chi connectivity index (χ1v) is 6.73. The van der Waals surface area contributed by atoms with Crippen LogP contribution < -0.4 is 5.73 Å². The molecule has 2 N–H and O–H groups in total. The van der Waals surface area contributed by atoms with Gasteiger partial charge in [0, 0.05) is 17.0 Å². The highest BCUT2D eigenvalue weighted by Crippen LogP contribution is 2.27. The predicted molar refractivity (Wildman–Crippen MR) is 63.9 cm³/mol. The predicted octanol–water partition coefficient (Wildman–Crippen LogP) is 1.94. The molecular formula is C11H21NO2S. The second kappa shape index (κ2) is 7.12. The van der Waals surface area contributed by atoms with Crippen LogP contribution in [0.1, 0.15) is 38.5 Å². The van der Waals surface area contributed by atoms with Crippen LogP contribution in [0.3, 0.4) is 0 Å². The normalized spacial score (nSPS) is 27.1. The van der Waals surface area contributed by atoms with Crippen LogP contribution in [0.15, 0.2) is 0 Å². The summed E-state index contributed by atoms with van der Waals surface area (Å²) in [6.45, 7) is 0. The average molecular weight is 231 g/mol. The minimum atomic E-state index is -0.121. The number of carbonyl (C=O) groups is 1. The Kier molecular flexibility index (Phi) is 6.10. The molecule has 0 saturated heterocycles. The average Bonchev–Trinajstić information content (AvgIpc) is 2.44. The van der Waals surface area contributed by atoms with E-state index in [4.69, 9.17) is 5.73 Å². The van der Waals surface area contributed by atoms with Crippen molar-refractivity contribution >= 4 is 17.7 Å². The van der Waals surface area contributed by atoms with Gasteiger partial charge in [-0.25, -0.2) is 0 Å². The van der Waals surface area contributed by atoms with Crippen LogP contribution in [0.2, 0.25) is 0 Å². The first kappa shape index (κ1) is 12.8. The molecule has 3 nitrogen and oxygen atoms in total. The lowest BCUT2D eigenvalue weighted by atomic mass is 10.1. The van der Waals surface area contributed by atoms with E-state index in [0.717, 1.165) is 12.2 Å². The summed E-state index contributed by atoms with van der Waals surface area (Å²) in [5.41, 5.74) is 6.09. The van der Waals surface area contributed by atoms with E-state index >= 15 is 0 Å². The third-order valence-electron chi connectivity index (χ3n) is 2.87. The third kappa shape index (κ3) is 4.89. The highest BCUT2D eigenvalue weighted by atomic mass is 32.2. The lowest BCUT2D eigenvalue weighted by Gasteiger charge is -2.20. The van der Waals surface area contributed by atoms with Gasteiger partial charge in [-0.2, -0.15) is 11.8 Å². The highest BCUT2D eigenvalue weighted by molar-refractivity contribution is 7.99. The van der Waals surface area contributed by atoms with Gasteiger partial charge in [0.1, 0.15) is 0 Å². The molecule has 4 heteroatoms. The van der Waals surface area contributed by atoms with Crippen LogP contribution in [-0.2, 0) is 9.53 Å². The van der Waals surface area contributed by atoms with Crippen molar-refractivity contribution in [2.24, 2.45) is 5.73 Å². The minimum Gasteiger partial charge on any atom is -0.469 e. The molecule has 88 valence electrons. The van der Waals surface area contributed by atoms with Crippen LogP contribution in [0, 0.1) is 0 Å². The van der Waals surface area contributed by atoms with E-state index in [0.29, 0.717) is 17.7 Å². The zero-order valence-corrected chi connectivity index (χ0v) is 10.2. The minimum absolute atomic E-state index is 0.121. The van der Waals surface area contributed by atoms with Gasteiger partial charge in [0.05, 0.1) is 13.5 Å². The summed E-state index contributed by atoms with van der Waals surface area (Å²) in [7, 11) is 1.43. The van der Waals surface area contributed by atoms with E-state index in [1.165, 1.54) is 32.8 Å². The number of rotatable bonds is 4. The van der Waals surface area contributed by atoms with Gasteiger partial charge in [-0.3, -0.25) is 4.79 Å². The fourth-order valence-corrected chi connectivity index (χ4v) is 3.21. The van der Waals surface area contributed by atoms with Gasteiger partial charge in [-0.1, -0.05) is 19.3 Å². The van der Waals surface area contributed by atoms with Crippen LogP contribution >= 0.6 is 11.8 Å². The van der Waals surface area contributed by atoms with Crippen molar-refractivity contribution in [3.05, 3.63) is 0 Å². The first-order chi connectivity index (χ1) is 7.24. The van der Waals surface area contributed by atoms with Crippen molar-refractivity contribution in [3.63, 3.8) is 0 Å². The van der Waals surface area contributed by atoms with Gasteiger partial charge in [0.2, 0.25) is 0 Å². The van der Waals surface area contributed by atoms with Crippen LogP contribution in [0.5, 0.6) is 0 Å². The zero-order chi connectivity index (χ0) is 11.1. The molecular weight excluding hydrogens is 210 g/mol. The number of nitrogens with two attached hydrogens (primary N) is 1. The van der Waals surface area contributed by atoms with Crippen molar-refractivity contribution in [2.75, 3.05) is 12.9 Å². The molecule has 0 aromatic heterocycles. The van der Waals surface area contributed by atoms with Gasteiger partial charge in [0.25, 0.3) is 0 Å². The number of methoxy groups -OCH3 is 1. The summed E-state index contributed by atoms with van der Waals surface area (Å²) in [6, 6.07) is 0.315. The molecule has 1 rings (SSSR count). The number of carbonyl (C=O) groups excluding carboxylic acids is 1. The molecule has 0 radical (unpaired) electrons. The molecule has 1 aliphatic rings. The third-order valence-corrected chi connectivity index (χ3v) is 4.32. The zero-order valence-electron chi connectivity index (χ0n) is 9.41. The summed E-state index contributed by atoms with van der Waals surface area (Å²) < 4.78 is 4.61. The number of hydrogen-bond acceptors (Lipinski definition) is 4. The Hall–Kier alpha value is -0.220. The van der Waals surface area contributed by atoms with Crippen molar-refractivity contribution in [3.8, 4) is 0 Å². The highest BCUT2D eigenvalue weighted by Gasteiger charge is 2.20. The van der Waals surface area contributed by atoms with Crippen LogP contribution in [0.25, 0.3) is 0 Å². The molecule has 15 heavy (non-hydrogen) atoms. The van der Waals surface area contributed by atoms with Gasteiger partial charge in [-0.05, 0) is 12.8 Å². The summed E-state index contributed by atoms with van der Waals surface area (Å²) in [4.78, 5) is 10.9. The summed E-state index contributed by atoms with van der Waals surface area (Å²) in [5.74, 6) is 0.718. The smallest absolute Gasteiger partial charge is 0.306 e. The fraction of sp³-hybridized carbons (Fsp3) is 0.909. The van der Waals surface area contributed by atoms with E-state index < -0.39 is 0 Å². The van der Waals surface area contributed by atoms with Crippen molar-refractivity contribution in [1.82, 2.24) is 0 Å². The Labute approximate surface area is 96.1 Å². The van der Waals surface area contributed by atoms with Gasteiger partial charge >= 0.3 is 5.97 Å². The Morgan fingerprint density at radius 1 is 1.40 bits per heavy atom. The van der Waals surface area contributed by atoms with Crippen molar-refractivity contribution < 1.29 is 9.53 Å². The molecule has 1 aliphatic carbocycles. The molecule has 2 atom stereocenters. The van der Waals surface area contributed by atoms with E-state index in [-0.39, 0.29) is 5.97 Å². The van der Waals surface area contributed by atoms with E-state index in [1.54, 1.807) is 0 Å². The summed E-state index contributed by atoms with van der Waals surface area (Å²) >= 11 is 1.84. The molecule has 0 bridgehead atoms. The number of ether oxygens (including phenoxy) is 1. The monoisotopic (exact) mass is 231 g/mol. The van der Waals surface area contributed by atoms with Crippen molar-refractivity contribution in [2.45, 2.75) is 49.8 Å². The molecule has 0 heterocycles. The van der Waals surface area contributed by atoms with E-state index in [9.17, 15) is 4.79 Å². The second-order valence-corrected chi connectivity index (χ2v) is 5.38. The lowest BCUT2D eigenvalue weighted by Crippen LogP contribution is -2.31. The number of hydrogen-bond donors (Lipinski definition) is 1. The van der Waals surface area contributed by atoms with Gasteiger partial charge in [-0.15, -0.1) is 0 Å². The first-order valence-electron chi connectivity index (χ1n) is 5.68. The lowest BCUT2D eigenvalue weighted by molar-refractivity contribution is -0.140. The number of esters is 1. The standard InChI is InChI=1S/C11H21NO2S/c1-14-11(13)7-8-15-10-6-4-2-3-5-9(10)12/h9-10H,2-8,12H2,1H3. The Bertz CT molecular complexity index is 199. The van der Waals surface area contributed by atoms with Crippen molar-refractivity contribution in [1.29, 1.82) is 0 Å². The van der Waals surface area contributed by atoms with Gasteiger partial charge in [0.15, 0.2) is 0 Å². The molecule has 0 amide bonds. The molecule has 0 aromatic carbocycles. The van der Waals surface area contributed by atoms with Gasteiger partial charge < -0.3 is 10.5 Å². The Morgan fingerprint density at radius 3 is 2.87 bits per heavy atom. The second-order valence-electron chi connectivity index (χ2n) is 4.04. The quantitative estimate of drug-likeness (QED) is 0.593. The van der Waals surface area contributed by atoms with Crippen LogP contribution in [0.4, 0.5) is 0 Å². The Balaban J connectivity index is 2.20. The number of thioether (sulfide) groups is 1. The van der Waals surface area contributed by atoms with E-state index in [1.807, 2.05) is 11.8 Å². The fourth-order valence-electron chi connectivity index (χ4n) is 1.90. The maximum absolute atomic E-state index is 10.9. The molecule has 0 aliphatic heterocycles. The summed E-state index contributed by atoms with van der Waals surface area (Å²) in [6.07, 6.45) is 6.69. The largest absolute Gasteiger partial charge is 0.469 e. The molecule has 1 saturated carbocycles. The summed E-state index contributed by atoms with van der Waals surface area (Å²) in [5, 5.41) is 0.539. The van der Waals surface area contributed by atoms with E-state index in [2.05, 4.69) is 4.74 Å². The SMILES string of the molecule is COC(=O)CCSC1CCCCCC1N. The Morgan fingerprint density at radius 2 is 2.13 bits per heavy atom. The molecule has 1 fully saturated rings. The molecule has 0 aromatic rings. The maximum atomic E-state index is 10.9.